The summed E-state index contributed by atoms with van der Waals surface area (Å²) in [5.74, 6) is 0. The van der Waals surface area contributed by atoms with Crippen LogP contribution in [0.5, 0.6) is 0 Å². The predicted octanol–water partition coefficient (Wildman–Crippen LogP) is 2.61. The third kappa shape index (κ3) is 2.39. The van der Waals surface area contributed by atoms with E-state index in [1.807, 2.05) is 0 Å². The molecule has 0 aromatic carbocycles. The summed E-state index contributed by atoms with van der Waals surface area (Å²) < 4.78 is 0. The molecule has 17 heavy (non-hydrogen) atoms. The number of rotatable bonds is 2. The molecule has 2 saturated heterocycles. The van der Waals surface area contributed by atoms with E-state index in [0.717, 1.165) is 23.4 Å². The molecule has 3 fully saturated rings. The molecule has 0 aromatic heterocycles. The van der Waals surface area contributed by atoms with Gasteiger partial charge in [0, 0.05) is 29.4 Å². The fourth-order valence-electron chi connectivity index (χ4n) is 4.46. The number of thioether (sulfide) groups is 1. The van der Waals surface area contributed by atoms with Gasteiger partial charge in [0.05, 0.1) is 0 Å². The maximum atomic E-state index is 6.17. The van der Waals surface area contributed by atoms with Gasteiger partial charge in [0.25, 0.3) is 0 Å². The molecule has 1 saturated carbocycles. The molecule has 2 bridgehead atoms. The third-order valence-electron chi connectivity index (χ3n) is 5.18. The highest BCUT2D eigenvalue weighted by molar-refractivity contribution is 7.99. The summed E-state index contributed by atoms with van der Waals surface area (Å²) >= 11 is 2.09. The summed E-state index contributed by atoms with van der Waals surface area (Å²) in [6.45, 7) is 0. The van der Waals surface area contributed by atoms with E-state index in [4.69, 9.17) is 5.73 Å². The highest BCUT2D eigenvalue weighted by Gasteiger charge is 2.43. The van der Waals surface area contributed by atoms with E-state index in [-0.39, 0.29) is 0 Å². The molecule has 2 nitrogen and oxygen atoms in total. The first-order chi connectivity index (χ1) is 8.28. The molecular weight excluding hydrogens is 228 g/mol. The molecule has 4 atom stereocenters. The van der Waals surface area contributed by atoms with Crippen LogP contribution < -0.4 is 5.73 Å². The van der Waals surface area contributed by atoms with Crippen molar-refractivity contribution in [2.45, 2.75) is 80.8 Å². The summed E-state index contributed by atoms with van der Waals surface area (Å²) in [5, 5.41) is 0.920. The second kappa shape index (κ2) is 5.10. The maximum Gasteiger partial charge on any atom is 0.0116 e. The Bertz CT molecular complexity index is 257. The molecule has 98 valence electrons. The molecule has 2 N–H and O–H groups in total. The number of fused-ring (bicyclic) bond motifs is 2. The van der Waals surface area contributed by atoms with Gasteiger partial charge in [-0.25, -0.2) is 0 Å². The van der Waals surface area contributed by atoms with E-state index in [1.54, 1.807) is 0 Å². The van der Waals surface area contributed by atoms with E-state index < -0.39 is 0 Å². The van der Waals surface area contributed by atoms with Gasteiger partial charge in [-0.2, -0.15) is 11.8 Å². The van der Waals surface area contributed by atoms with Crippen molar-refractivity contribution in [2.24, 2.45) is 5.73 Å². The summed E-state index contributed by atoms with van der Waals surface area (Å²) in [4.78, 5) is 2.89. The molecule has 0 amide bonds. The van der Waals surface area contributed by atoms with E-state index in [1.165, 1.54) is 51.4 Å². The third-order valence-corrected chi connectivity index (χ3v) is 6.27. The Morgan fingerprint density at radius 2 is 1.59 bits per heavy atom. The minimum absolute atomic E-state index is 0.490. The lowest BCUT2D eigenvalue weighted by Gasteiger charge is -2.45. The summed E-state index contributed by atoms with van der Waals surface area (Å²) in [7, 11) is 0. The lowest BCUT2D eigenvalue weighted by Crippen LogP contribution is -2.53. The molecule has 1 aliphatic carbocycles. The smallest absolute Gasteiger partial charge is 0.0116 e. The van der Waals surface area contributed by atoms with Gasteiger partial charge in [-0.3, -0.25) is 4.90 Å². The van der Waals surface area contributed by atoms with Crippen LogP contribution in [0.4, 0.5) is 0 Å². The summed E-state index contributed by atoms with van der Waals surface area (Å²) in [5.41, 5.74) is 6.17. The highest BCUT2D eigenvalue weighted by Crippen LogP contribution is 2.41. The van der Waals surface area contributed by atoms with Crippen molar-refractivity contribution in [3.8, 4) is 0 Å². The number of nitrogens with two attached hydrogens (primary N) is 1. The molecule has 2 aliphatic heterocycles. The largest absolute Gasteiger partial charge is 0.328 e. The average molecular weight is 254 g/mol. The highest BCUT2D eigenvalue weighted by atomic mass is 32.2. The molecule has 0 spiro atoms. The molecule has 3 rings (SSSR count). The van der Waals surface area contributed by atoms with Gasteiger partial charge in [0.2, 0.25) is 0 Å². The molecular formula is C14H26N2S. The van der Waals surface area contributed by atoms with Gasteiger partial charge in [0.1, 0.15) is 0 Å². The van der Waals surface area contributed by atoms with Crippen molar-refractivity contribution in [2.75, 3.05) is 6.26 Å². The Labute approximate surface area is 110 Å². The number of nitrogens with zero attached hydrogens (tertiary/aromatic N) is 1. The predicted molar refractivity (Wildman–Crippen MR) is 75.4 cm³/mol. The fourth-order valence-corrected chi connectivity index (χ4v) is 5.27. The van der Waals surface area contributed by atoms with E-state index in [0.29, 0.717) is 6.04 Å². The topological polar surface area (TPSA) is 29.3 Å². The monoisotopic (exact) mass is 254 g/mol. The Hall–Kier alpha value is 0.270. The molecule has 4 unspecified atom stereocenters. The zero-order chi connectivity index (χ0) is 11.8. The van der Waals surface area contributed by atoms with Crippen molar-refractivity contribution >= 4 is 11.8 Å². The van der Waals surface area contributed by atoms with E-state index >= 15 is 0 Å². The van der Waals surface area contributed by atoms with Crippen LogP contribution in [0.25, 0.3) is 0 Å². The zero-order valence-corrected chi connectivity index (χ0v) is 11.8. The van der Waals surface area contributed by atoms with Crippen LogP contribution >= 0.6 is 11.8 Å². The lowest BCUT2D eigenvalue weighted by molar-refractivity contribution is 0.0592. The van der Waals surface area contributed by atoms with Crippen molar-refractivity contribution in [3.05, 3.63) is 0 Å². The van der Waals surface area contributed by atoms with Gasteiger partial charge < -0.3 is 5.73 Å². The van der Waals surface area contributed by atoms with Crippen LogP contribution in [0.3, 0.4) is 0 Å². The summed E-state index contributed by atoms with van der Waals surface area (Å²) in [6, 6.07) is 3.03. The first kappa shape index (κ1) is 12.3. The average Bonchev–Trinajstić information content (AvgIpc) is 2.62. The van der Waals surface area contributed by atoms with Crippen LogP contribution in [-0.2, 0) is 0 Å². The van der Waals surface area contributed by atoms with E-state index in [9.17, 15) is 0 Å². The first-order valence-corrected chi connectivity index (χ1v) is 8.62. The van der Waals surface area contributed by atoms with Gasteiger partial charge in [-0.1, -0.05) is 6.42 Å². The molecule has 0 radical (unpaired) electrons. The zero-order valence-electron chi connectivity index (χ0n) is 11.0. The van der Waals surface area contributed by atoms with Crippen molar-refractivity contribution in [3.63, 3.8) is 0 Å². The number of hydrogen-bond donors (Lipinski definition) is 1. The molecule has 3 aliphatic rings. The van der Waals surface area contributed by atoms with Gasteiger partial charge in [0.15, 0.2) is 0 Å². The Kier molecular flexibility index (Phi) is 3.69. The SMILES string of the molecule is CSC1CCCC(N2C3CCC2CC(N)C3)C1. The van der Waals surface area contributed by atoms with Gasteiger partial charge in [-0.05, 0) is 51.2 Å². The first-order valence-electron chi connectivity index (χ1n) is 7.33. The van der Waals surface area contributed by atoms with Crippen molar-refractivity contribution in [1.82, 2.24) is 4.90 Å². The van der Waals surface area contributed by atoms with E-state index in [2.05, 4.69) is 22.9 Å². The molecule has 0 aromatic rings. The Morgan fingerprint density at radius 3 is 2.24 bits per heavy atom. The van der Waals surface area contributed by atoms with Gasteiger partial charge >= 0.3 is 0 Å². The number of piperidine rings is 1. The van der Waals surface area contributed by atoms with Crippen molar-refractivity contribution in [1.29, 1.82) is 0 Å². The molecule has 2 heterocycles. The number of hydrogen-bond acceptors (Lipinski definition) is 3. The van der Waals surface area contributed by atoms with Crippen LogP contribution in [0.1, 0.15) is 51.4 Å². The quantitative estimate of drug-likeness (QED) is 0.821. The minimum Gasteiger partial charge on any atom is -0.328 e. The van der Waals surface area contributed by atoms with Crippen LogP contribution in [0.15, 0.2) is 0 Å². The fraction of sp³-hybridized carbons (Fsp3) is 1.00. The second-order valence-corrected chi connectivity index (χ2v) is 7.38. The van der Waals surface area contributed by atoms with Crippen LogP contribution in [0, 0.1) is 0 Å². The maximum absolute atomic E-state index is 6.17. The lowest BCUT2D eigenvalue weighted by atomic mass is 9.89. The minimum atomic E-state index is 0.490. The standard InChI is InChI=1S/C14H26N2S/c1-17-14-4-2-3-11(9-14)16-12-5-6-13(16)8-10(15)7-12/h10-14H,2-9,15H2,1H3. The Morgan fingerprint density at radius 1 is 0.941 bits per heavy atom. The van der Waals surface area contributed by atoms with Crippen LogP contribution in [0.2, 0.25) is 0 Å². The normalized spacial score (nSPS) is 47.3. The summed E-state index contributed by atoms with van der Waals surface area (Å²) in [6.07, 6.45) is 13.4. The van der Waals surface area contributed by atoms with Gasteiger partial charge in [-0.15, -0.1) is 0 Å². The van der Waals surface area contributed by atoms with Crippen LogP contribution in [-0.4, -0.2) is 40.6 Å². The molecule has 3 heteroatoms. The van der Waals surface area contributed by atoms with Crippen molar-refractivity contribution < 1.29 is 0 Å². The second-order valence-electron chi connectivity index (χ2n) is 6.24. The Balaban J connectivity index is 1.68.